The van der Waals surface area contributed by atoms with E-state index in [0.29, 0.717) is 105 Å². The molecule has 0 radical (unpaired) electrons. The molecule has 0 atom stereocenters. The molecular weight excluding hydrogens is 1020 g/mol. The van der Waals surface area contributed by atoms with Crippen molar-refractivity contribution in [2.75, 3.05) is 79.3 Å². The second-order valence-electron chi connectivity index (χ2n) is 19.1. The van der Waals surface area contributed by atoms with Crippen LogP contribution in [-0.4, -0.2) is 79.3 Å². The second-order valence-corrected chi connectivity index (χ2v) is 21.0. The van der Waals surface area contributed by atoms with Crippen molar-refractivity contribution in [1.82, 2.24) is 0 Å². The SMILES string of the molecule is CCCCCCOc1c2cc(Br)cc1Cc1cc3cc(c1OCCCCCC)Cc1cc(Br)cc(c1OCCCCCC)Cc1cc(cc(c1OCCCCCC)C2)OCCOCCOCCOCCO3. The van der Waals surface area contributed by atoms with Crippen molar-refractivity contribution >= 4 is 31.9 Å². The van der Waals surface area contributed by atoms with Crippen molar-refractivity contribution in [2.45, 2.75) is 156 Å². The average Bonchev–Trinajstić information content (AvgIpc) is 3.34. The average molecular weight is 1110 g/mol. The lowest BCUT2D eigenvalue weighted by atomic mass is 9.91. The molecule has 10 bridgehead atoms. The monoisotopic (exact) mass is 1110 g/mol. The fraction of sp³-hybridized carbons (Fsp3) is 0.600. The molecule has 71 heavy (non-hydrogen) atoms. The zero-order valence-electron chi connectivity index (χ0n) is 43.7. The Labute approximate surface area is 443 Å². The molecule has 0 amide bonds. The highest BCUT2D eigenvalue weighted by Gasteiger charge is 2.25. The van der Waals surface area contributed by atoms with Crippen LogP contribution < -0.4 is 28.4 Å². The quantitative estimate of drug-likeness (QED) is 0.0561. The Balaban J connectivity index is 1.61. The Kier molecular flexibility index (Phi) is 26.1. The Hall–Kier alpha value is -3.48. The summed E-state index contributed by atoms with van der Waals surface area (Å²) in [5.41, 5.74) is 8.55. The highest BCUT2D eigenvalue weighted by Crippen LogP contribution is 2.43. The lowest BCUT2D eigenvalue weighted by molar-refractivity contribution is 0.00497. The van der Waals surface area contributed by atoms with Crippen molar-refractivity contribution in [1.29, 1.82) is 0 Å². The maximum atomic E-state index is 7.05. The molecule has 1 aliphatic carbocycles. The number of hydrogen-bond donors (Lipinski definition) is 0. The molecule has 4 aromatic rings. The van der Waals surface area contributed by atoms with Crippen LogP contribution in [0, 0.1) is 0 Å². The normalized spacial score (nSPS) is 14.6. The number of unbranched alkanes of at least 4 members (excludes halogenated alkanes) is 12. The summed E-state index contributed by atoms with van der Waals surface area (Å²) in [6, 6.07) is 17.6. The molecule has 6 rings (SSSR count). The Bertz CT molecular complexity index is 1930. The van der Waals surface area contributed by atoms with E-state index in [1.54, 1.807) is 0 Å². The molecule has 2 aliphatic rings. The van der Waals surface area contributed by atoms with E-state index in [9.17, 15) is 0 Å². The topological polar surface area (TPSA) is 83.1 Å². The van der Waals surface area contributed by atoms with Crippen LogP contribution in [0.2, 0.25) is 0 Å². The summed E-state index contributed by atoms with van der Waals surface area (Å²) >= 11 is 7.99. The highest BCUT2D eigenvalue weighted by atomic mass is 79.9. The van der Waals surface area contributed by atoms with E-state index in [4.69, 9.17) is 42.6 Å². The van der Waals surface area contributed by atoms with E-state index in [-0.39, 0.29) is 0 Å². The van der Waals surface area contributed by atoms with Gasteiger partial charge in [-0.3, -0.25) is 0 Å². The smallest absolute Gasteiger partial charge is 0.126 e. The second kappa shape index (κ2) is 32.7. The number of fused-ring (bicyclic) bond motifs is 6. The number of benzene rings is 4. The number of ether oxygens (including phenoxy) is 9. The third-order valence-electron chi connectivity index (χ3n) is 13.1. The lowest BCUT2D eigenvalue weighted by Crippen LogP contribution is -2.15. The van der Waals surface area contributed by atoms with Gasteiger partial charge in [0.1, 0.15) is 47.7 Å². The molecule has 0 spiro atoms. The van der Waals surface area contributed by atoms with Gasteiger partial charge in [0.05, 0.1) is 66.1 Å². The Morgan fingerprint density at radius 2 is 0.563 bits per heavy atom. The van der Waals surface area contributed by atoms with Crippen LogP contribution in [0.3, 0.4) is 0 Å². The van der Waals surface area contributed by atoms with Crippen LogP contribution in [-0.2, 0) is 39.9 Å². The van der Waals surface area contributed by atoms with Crippen molar-refractivity contribution in [3.63, 3.8) is 0 Å². The summed E-state index contributed by atoms with van der Waals surface area (Å²) in [6.07, 6.45) is 20.1. The summed E-state index contributed by atoms with van der Waals surface area (Å²) in [7, 11) is 0. The fourth-order valence-corrected chi connectivity index (χ4v) is 10.5. The van der Waals surface area contributed by atoms with Gasteiger partial charge in [0, 0.05) is 79.1 Å². The van der Waals surface area contributed by atoms with Crippen LogP contribution in [0.1, 0.15) is 175 Å². The Morgan fingerprint density at radius 3 is 0.817 bits per heavy atom. The van der Waals surface area contributed by atoms with Crippen molar-refractivity contribution < 1.29 is 42.6 Å². The van der Waals surface area contributed by atoms with Crippen LogP contribution in [0.25, 0.3) is 0 Å². The first kappa shape index (κ1) is 56.8. The summed E-state index contributed by atoms with van der Waals surface area (Å²) < 4.78 is 61.2. The number of hydrogen-bond acceptors (Lipinski definition) is 9. The summed E-state index contributed by atoms with van der Waals surface area (Å²) in [5.74, 6) is 5.17. The first-order valence-corrected chi connectivity index (χ1v) is 28.9. The van der Waals surface area contributed by atoms with Crippen molar-refractivity contribution in [2.24, 2.45) is 0 Å². The van der Waals surface area contributed by atoms with Gasteiger partial charge in [0.15, 0.2) is 0 Å². The molecule has 9 nitrogen and oxygen atoms in total. The van der Waals surface area contributed by atoms with E-state index >= 15 is 0 Å². The number of rotatable bonds is 24. The van der Waals surface area contributed by atoms with E-state index in [1.165, 1.54) is 38.5 Å². The predicted octanol–water partition coefficient (Wildman–Crippen LogP) is 15.5. The standard InChI is InChI=1S/C60H84Br2O9/c1-5-9-13-17-21-68-57-45-33-49-41-55-43-51(59(49)70-23-19-15-11-7-3)35-47-39-54(62)40-48(58(47)69-22-18-14-10-6-2)36-52-44-56(67-32-30-65-28-26-63-25-27-64-29-31-66-55)42-50(34-46(57)38-53(61)37-45)60(52)71-24-20-16-12-8-4/h37-44H,5-36H2,1-4H3. The first-order valence-electron chi connectivity index (χ1n) is 27.3. The molecule has 0 N–H and O–H groups in total. The van der Waals surface area contributed by atoms with E-state index in [2.05, 4.69) is 108 Å². The van der Waals surface area contributed by atoms with Gasteiger partial charge in [-0.2, -0.15) is 0 Å². The molecule has 1 aliphatic heterocycles. The highest BCUT2D eigenvalue weighted by molar-refractivity contribution is 9.10. The van der Waals surface area contributed by atoms with Gasteiger partial charge in [-0.15, -0.1) is 0 Å². The lowest BCUT2D eigenvalue weighted by Gasteiger charge is -2.24. The van der Waals surface area contributed by atoms with Gasteiger partial charge in [-0.1, -0.05) is 137 Å². The minimum atomic E-state index is 0.391. The van der Waals surface area contributed by atoms with E-state index in [0.717, 1.165) is 152 Å². The number of halogens is 2. The van der Waals surface area contributed by atoms with E-state index in [1.807, 2.05) is 0 Å². The minimum Gasteiger partial charge on any atom is -0.493 e. The zero-order chi connectivity index (χ0) is 49.9. The molecule has 392 valence electrons. The van der Waals surface area contributed by atoms with Gasteiger partial charge in [0.2, 0.25) is 0 Å². The minimum absolute atomic E-state index is 0.391. The third kappa shape index (κ3) is 19.1. The van der Waals surface area contributed by atoms with Gasteiger partial charge in [-0.05, 0) is 74.2 Å². The molecule has 0 unspecified atom stereocenters. The summed E-state index contributed by atoms with van der Waals surface area (Å²) in [4.78, 5) is 0. The largest absolute Gasteiger partial charge is 0.493 e. The van der Waals surface area contributed by atoms with Gasteiger partial charge < -0.3 is 42.6 Å². The summed E-state index contributed by atoms with van der Waals surface area (Å²) in [5, 5.41) is 0. The maximum Gasteiger partial charge on any atom is 0.126 e. The fourth-order valence-electron chi connectivity index (χ4n) is 9.44. The molecule has 4 aromatic carbocycles. The summed E-state index contributed by atoms with van der Waals surface area (Å²) in [6.45, 7) is 15.0. The van der Waals surface area contributed by atoms with Gasteiger partial charge in [-0.25, -0.2) is 0 Å². The van der Waals surface area contributed by atoms with Crippen LogP contribution in [0.4, 0.5) is 0 Å². The third-order valence-corrected chi connectivity index (χ3v) is 14.0. The molecule has 0 saturated carbocycles. The predicted molar refractivity (Wildman–Crippen MR) is 294 cm³/mol. The van der Waals surface area contributed by atoms with Crippen LogP contribution in [0.5, 0.6) is 34.5 Å². The Morgan fingerprint density at radius 1 is 0.324 bits per heavy atom. The van der Waals surface area contributed by atoms with Crippen LogP contribution >= 0.6 is 31.9 Å². The molecule has 0 fully saturated rings. The molecule has 1 heterocycles. The molecule has 0 aromatic heterocycles. The maximum absolute atomic E-state index is 7.05. The zero-order valence-corrected chi connectivity index (χ0v) is 46.8. The molecule has 0 saturated heterocycles. The molecule has 11 heteroatoms. The van der Waals surface area contributed by atoms with Crippen molar-refractivity contribution in [3.05, 3.63) is 102 Å². The van der Waals surface area contributed by atoms with Crippen molar-refractivity contribution in [3.8, 4) is 34.5 Å². The van der Waals surface area contributed by atoms with Crippen LogP contribution in [0.15, 0.2) is 57.5 Å². The molecular formula is C60H84Br2O9. The van der Waals surface area contributed by atoms with E-state index < -0.39 is 0 Å². The first-order chi connectivity index (χ1) is 34.9. The van der Waals surface area contributed by atoms with Gasteiger partial charge in [0.25, 0.3) is 0 Å². The van der Waals surface area contributed by atoms with Gasteiger partial charge >= 0.3 is 0 Å².